The Morgan fingerprint density at radius 3 is 2.71 bits per heavy atom. The minimum atomic E-state index is -0.222. The summed E-state index contributed by atoms with van der Waals surface area (Å²) >= 11 is 1.56. The van der Waals surface area contributed by atoms with Gasteiger partial charge < -0.3 is 20.1 Å². The van der Waals surface area contributed by atoms with E-state index in [0.717, 1.165) is 22.0 Å². The van der Waals surface area contributed by atoms with Crippen molar-refractivity contribution in [1.29, 1.82) is 0 Å². The monoisotopic (exact) mass is 347 g/mol. The number of ether oxygens (including phenoxy) is 2. The third-order valence-electron chi connectivity index (χ3n) is 3.61. The van der Waals surface area contributed by atoms with Crippen molar-refractivity contribution in [1.82, 2.24) is 15.6 Å². The van der Waals surface area contributed by atoms with Crippen LogP contribution in [-0.4, -0.2) is 17.8 Å². The number of hydrogen-bond acceptors (Lipinski definition) is 5. The van der Waals surface area contributed by atoms with Crippen LogP contribution in [0, 0.1) is 0 Å². The van der Waals surface area contributed by atoms with Crippen LogP contribution in [0.1, 0.15) is 37.0 Å². The number of hydrogen-bond donors (Lipinski definition) is 2. The Morgan fingerprint density at radius 1 is 1.21 bits per heavy atom. The van der Waals surface area contributed by atoms with Gasteiger partial charge in [0.05, 0.1) is 12.2 Å². The zero-order chi connectivity index (χ0) is 17.2. The first-order valence-corrected chi connectivity index (χ1v) is 8.65. The number of fused-ring (bicyclic) bond motifs is 1. The van der Waals surface area contributed by atoms with Crippen molar-refractivity contribution in [3.8, 4) is 11.5 Å². The summed E-state index contributed by atoms with van der Waals surface area (Å²) in [5.41, 5.74) is 2.03. The van der Waals surface area contributed by atoms with Crippen molar-refractivity contribution in [2.75, 3.05) is 6.79 Å². The number of thiazole rings is 1. The summed E-state index contributed by atoms with van der Waals surface area (Å²) in [7, 11) is 0. The quantitative estimate of drug-likeness (QED) is 0.891. The molecule has 2 N–H and O–H groups in total. The predicted molar refractivity (Wildman–Crippen MR) is 92.5 cm³/mol. The first kappa shape index (κ1) is 16.6. The molecule has 1 aromatic heterocycles. The lowest BCUT2D eigenvalue weighted by atomic mass is 9.93. The zero-order valence-electron chi connectivity index (χ0n) is 14.0. The van der Waals surface area contributed by atoms with Gasteiger partial charge in [0.2, 0.25) is 6.79 Å². The van der Waals surface area contributed by atoms with Gasteiger partial charge in [-0.05, 0) is 17.7 Å². The number of carbonyl (C=O) groups excluding carboxylic acids is 1. The number of nitrogens with one attached hydrogen (secondary N) is 2. The van der Waals surface area contributed by atoms with Gasteiger partial charge in [-0.25, -0.2) is 9.78 Å². The van der Waals surface area contributed by atoms with Crippen LogP contribution in [0.25, 0.3) is 0 Å². The fourth-order valence-electron chi connectivity index (χ4n) is 2.19. The maximum Gasteiger partial charge on any atom is 0.315 e. The molecule has 0 bridgehead atoms. The predicted octanol–water partition coefficient (Wildman–Crippen LogP) is 3.17. The van der Waals surface area contributed by atoms with Crippen LogP contribution in [0.15, 0.2) is 23.6 Å². The van der Waals surface area contributed by atoms with E-state index in [2.05, 4.69) is 36.4 Å². The van der Waals surface area contributed by atoms with Gasteiger partial charge in [0.25, 0.3) is 0 Å². The molecule has 2 amide bonds. The highest BCUT2D eigenvalue weighted by Gasteiger charge is 2.17. The number of benzene rings is 1. The Balaban J connectivity index is 1.47. The largest absolute Gasteiger partial charge is 0.454 e. The van der Waals surface area contributed by atoms with Crippen molar-refractivity contribution in [2.24, 2.45) is 0 Å². The first-order chi connectivity index (χ1) is 11.4. The van der Waals surface area contributed by atoms with Crippen LogP contribution in [0.4, 0.5) is 4.79 Å². The van der Waals surface area contributed by atoms with E-state index in [1.54, 1.807) is 11.3 Å². The number of amides is 2. The van der Waals surface area contributed by atoms with Crippen LogP contribution >= 0.6 is 11.3 Å². The van der Waals surface area contributed by atoms with Crippen LogP contribution in [0.2, 0.25) is 0 Å². The van der Waals surface area contributed by atoms with Gasteiger partial charge >= 0.3 is 6.03 Å². The topological polar surface area (TPSA) is 72.5 Å². The molecule has 0 saturated carbocycles. The van der Waals surface area contributed by atoms with E-state index in [-0.39, 0.29) is 18.2 Å². The van der Waals surface area contributed by atoms with Gasteiger partial charge in [-0.3, -0.25) is 0 Å². The molecule has 7 heteroatoms. The lowest BCUT2D eigenvalue weighted by Gasteiger charge is -2.14. The molecule has 3 rings (SSSR count). The first-order valence-electron chi connectivity index (χ1n) is 7.77. The molecule has 0 atom stereocenters. The van der Waals surface area contributed by atoms with E-state index < -0.39 is 0 Å². The van der Waals surface area contributed by atoms with Gasteiger partial charge in [-0.15, -0.1) is 11.3 Å². The van der Waals surface area contributed by atoms with Crippen LogP contribution in [0.5, 0.6) is 11.5 Å². The van der Waals surface area contributed by atoms with Crippen molar-refractivity contribution < 1.29 is 14.3 Å². The number of carbonyl (C=O) groups is 1. The lowest BCUT2D eigenvalue weighted by Crippen LogP contribution is -2.34. The second-order valence-corrected chi connectivity index (χ2v) is 7.54. The van der Waals surface area contributed by atoms with Crippen molar-refractivity contribution in [3.63, 3.8) is 0 Å². The molecule has 0 fully saturated rings. The molecule has 1 aliphatic heterocycles. The second kappa shape index (κ2) is 6.68. The third-order valence-corrected chi connectivity index (χ3v) is 4.46. The Hall–Kier alpha value is -2.28. The molecule has 6 nitrogen and oxygen atoms in total. The number of aromatic nitrogens is 1. The van der Waals surface area contributed by atoms with Gasteiger partial charge in [-0.2, -0.15) is 0 Å². The summed E-state index contributed by atoms with van der Waals surface area (Å²) < 4.78 is 10.6. The highest BCUT2D eigenvalue weighted by Crippen LogP contribution is 2.32. The van der Waals surface area contributed by atoms with Crippen molar-refractivity contribution >= 4 is 17.4 Å². The molecule has 2 heterocycles. The smallest absolute Gasteiger partial charge is 0.315 e. The lowest BCUT2D eigenvalue weighted by molar-refractivity contribution is 0.174. The van der Waals surface area contributed by atoms with Crippen molar-refractivity contribution in [2.45, 2.75) is 39.3 Å². The molecular formula is C17H21N3O3S. The Morgan fingerprint density at radius 2 is 1.96 bits per heavy atom. The highest BCUT2D eigenvalue weighted by molar-refractivity contribution is 7.09. The molecule has 0 saturated heterocycles. The standard InChI is InChI=1S/C17H21N3O3S/c1-17(2,3)14-9-24-15(20-14)8-19-16(21)18-7-11-4-5-12-13(6-11)23-10-22-12/h4-6,9H,7-8,10H2,1-3H3,(H2,18,19,21). The van der Waals surface area contributed by atoms with Crippen LogP contribution < -0.4 is 20.1 Å². The summed E-state index contributed by atoms with van der Waals surface area (Å²) in [6, 6.07) is 5.41. The Labute approximate surface area is 145 Å². The Kier molecular flexibility index (Phi) is 4.62. The van der Waals surface area contributed by atoms with E-state index in [0.29, 0.717) is 18.8 Å². The molecule has 1 aromatic carbocycles. The normalized spacial score (nSPS) is 13.0. The third kappa shape index (κ3) is 3.97. The minimum absolute atomic E-state index is 0.0242. The van der Waals surface area contributed by atoms with Gasteiger partial charge in [0, 0.05) is 17.3 Å². The summed E-state index contributed by atoms with van der Waals surface area (Å²) in [4.78, 5) is 16.5. The van der Waals surface area contributed by atoms with E-state index in [1.165, 1.54) is 0 Å². The summed E-state index contributed by atoms with van der Waals surface area (Å²) in [6.07, 6.45) is 0. The van der Waals surface area contributed by atoms with Crippen molar-refractivity contribution in [3.05, 3.63) is 39.8 Å². The minimum Gasteiger partial charge on any atom is -0.454 e. The molecule has 0 spiro atoms. The fraction of sp³-hybridized carbons (Fsp3) is 0.412. The number of rotatable bonds is 4. The summed E-state index contributed by atoms with van der Waals surface area (Å²) in [5.74, 6) is 1.45. The number of urea groups is 1. The summed E-state index contributed by atoms with van der Waals surface area (Å²) in [5, 5.41) is 8.60. The van der Waals surface area contributed by atoms with E-state index in [9.17, 15) is 4.79 Å². The SMILES string of the molecule is CC(C)(C)c1csc(CNC(=O)NCc2ccc3c(c2)OCO3)n1. The molecule has 2 aromatic rings. The maximum atomic E-state index is 11.9. The van der Waals surface area contributed by atoms with E-state index in [1.807, 2.05) is 23.6 Å². The zero-order valence-corrected chi connectivity index (χ0v) is 14.8. The fourth-order valence-corrected chi connectivity index (χ4v) is 3.15. The molecule has 0 aliphatic carbocycles. The molecule has 1 aliphatic rings. The molecule has 0 unspecified atom stereocenters. The highest BCUT2D eigenvalue weighted by atomic mass is 32.1. The molecular weight excluding hydrogens is 326 g/mol. The Bertz CT molecular complexity index is 737. The van der Waals surface area contributed by atoms with E-state index >= 15 is 0 Å². The van der Waals surface area contributed by atoms with Crippen LogP contribution in [0.3, 0.4) is 0 Å². The average molecular weight is 347 g/mol. The molecule has 0 radical (unpaired) electrons. The van der Waals surface area contributed by atoms with Gasteiger partial charge in [-0.1, -0.05) is 26.8 Å². The number of nitrogens with zero attached hydrogens (tertiary/aromatic N) is 1. The second-order valence-electron chi connectivity index (χ2n) is 6.60. The van der Waals surface area contributed by atoms with Gasteiger partial charge in [0.15, 0.2) is 11.5 Å². The molecule has 128 valence electrons. The van der Waals surface area contributed by atoms with Gasteiger partial charge in [0.1, 0.15) is 5.01 Å². The average Bonchev–Trinajstić information content (AvgIpc) is 3.18. The maximum absolute atomic E-state index is 11.9. The summed E-state index contributed by atoms with van der Waals surface area (Å²) in [6.45, 7) is 7.46. The van der Waals surface area contributed by atoms with E-state index in [4.69, 9.17) is 9.47 Å². The molecule has 24 heavy (non-hydrogen) atoms. The van der Waals surface area contributed by atoms with Crippen LogP contribution in [-0.2, 0) is 18.5 Å².